The highest BCUT2D eigenvalue weighted by Gasteiger charge is 2.13. The number of nitrogens with one attached hydrogen (secondary N) is 2. The number of aliphatic imine (C=N–C) groups is 1. The molecule has 1 rings (SSSR count). The van der Waals surface area contributed by atoms with Crippen LogP contribution in [0.25, 0.3) is 0 Å². The monoisotopic (exact) mass is 529 g/mol. The fourth-order valence-corrected chi connectivity index (χ4v) is 2.91. The molecule has 168 valence electrons. The Bertz CT molecular complexity index is 604. The summed E-state index contributed by atoms with van der Waals surface area (Å²) < 4.78 is 34.7. The van der Waals surface area contributed by atoms with Gasteiger partial charge in [-0.3, -0.25) is 0 Å². The van der Waals surface area contributed by atoms with Crippen molar-refractivity contribution in [2.75, 3.05) is 26.8 Å². The van der Waals surface area contributed by atoms with Gasteiger partial charge >= 0.3 is 6.61 Å². The number of nitrogens with zero attached hydrogens (tertiary/aromatic N) is 1. The largest absolute Gasteiger partial charge is 0.493 e. The summed E-state index contributed by atoms with van der Waals surface area (Å²) in [5.74, 6) is 1.77. The van der Waals surface area contributed by atoms with Gasteiger partial charge in [-0.25, -0.2) is 4.99 Å². The van der Waals surface area contributed by atoms with Gasteiger partial charge in [-0.15, -0.1) is 24.0 Å². The zero-order valence-electron chi connectivity index (χ0n) is 17.6. The highest BCUT2D eigenvalue weighted by molar-refractivity contribution is 14.0. The molecule has 0 saturated heterocycles. The second-order valence-electron chi connectivity index (χ2n) is 6.95. The first-order chi connectivity index (χ1) is 13.4. The van der Waals surface area contributed by atoms with Gasteiger partial charge < -0.3 is 25.2 Å². The maximum atomic E-state index is 12.6. The van der Waals surface area contributed by atoms with Gasteiger partial charge in [-0.05, 0) is 49.3 Å². The van der Waals surface area contributed by atoms with Gasteiger partial charge in [-0.1, -0.05) is 19.9 Å². The third-order valence-corrected chi connectivity index (χ3v) is 4.11. The van der Waals surface area contributed by atoms with Gasteiger partial charge in [0, 0.05) is 19.7 Å². The summed E-state index contributed by atoms with van der Waals surface area (Å²) in [6.07, 6.45) is 1.75. The van der Waals surface area contributed by atoms with E-state index in [1.807, 2.05) is 6.92 Å². The Kier molecular flexibility index (Phi) is 14.8. The van der Waals surface area contributed by atoms with E-state index in [1.54, 1.807) is 12.1 Å². The van der Waals surface area contributed by atoms with Gasteiger partial charge in [0.25, 0.3) is 0 Å². The van der Waals surface area contributed by atoms with Gasteiger partial charge in [0.2, 0.25) is 0 Å². The van der Waals surface area contributed by atoms with Crippen molar-refractivity contribution in [2.45, 2.75) is 46.8 Å². The van der Waals surface area contributed by atoms with Crippen molar-refractivity contribution < 1.29 is 23.4 Å². The van der Waals surface area contributed by atoms with Crippen LogP contribution in [0.1, 0.15) is 39.2 Å². The molecule has 0 bridgehead atoms. The minimum Gasteiger partial charge on any atom is -0.493 e. The second kappa shape index (κ2) is 15.5. The van der Waals surface area contributed by atoms with E-state index in [2.05, 4.69) is 34.2 Å². The van der Waals surface area contributed by atoms with E-state index in [1.165, 1.54) is 13.2 Å². The molecule has 9 heteroatoms. The number of aliphatic hydroxyl groups excluding tert-OH is 1. The fraction of sp³-hybridized carbons (Fsp3) is 0.650. The van der Waals surface area contributed by atoms with Crippen molar-refractivity contribution >= 4 is 29.9 Å². The Labute approximate surface area is 189 Å². The highest BCUT2D eigenvalue weighted by Crippen LogP contribution is 2.29. The molecule has 3 N–H and O–H groups in total. The van der Waals surface area contributed by atoms with Crippen LogP contribution in [-0.4, -0.2) is 44.5 Å². The van der Waals surface area contributed by atoms with E-state index in [0.29, 0.717) is 37.4 Å². The smallest absolute Gasteiger partial charge is 0.387 e. The molecule has 1 atom stereocenters. The zero-order chi connectivity index (χ0) is 20.9. The number of hydrogen-bond donors (Lipinski definition) is 3. The molecular formula is C20H34F2IN3O3. The number of guanidine groups is 1. The lowest BCUT2D eigenvalue weighted by atomic mass is 9.94. The summed E-state index contributed by atoms with van der Waals surface area (Å²) in [6, 6.07) is 4.85. The average molecular weight is 529 g/mol. The minimum atomic E-state index is -2.92. The van der Waals surface area contributed by atoms with Crippen LogP contribution in [0.5, 0.6) is 11.5 Å². The van der Waals surface area contributed by atoms with Crippen LogP contribution in [0.3, 0.4) is 0 Å². The van der Waals surface area contributed by atoms with E-state index in [0.717, 1.165) is 18.4 Å². The number of rotatable bonds is 12. The molecule has 0 aliphatic heterocycles. The van der Waals surface area contributed by atoms with E-state index < -0.39 is 6.61 Å². The summed E-state index contributed by atoms with van der Waals surface area (Å²) in [5.41, 5.74) is 0.725. The lowest BCUT2D eigenvalue weighted by Crippen LogP contribution is -2.40. The molecule has 6 nitrogen and oxygen atoms in total. The topological polar surface area (TPSA) is 75.1 Å². The predicted molar refractivity (Wildman–Crippen MR) is 123 cm³/mol. The molecule has 0 saturated carbocycles. The normalized spacial score (nSPS) is 12.5. The number of aliphatic hydroxyl groups is 1. The third-order valence-electron chi connectivity index (χ3n) is 4.11. The van der Waals surface area contributed by atoms with Gasteiger partial charge in [-0.2, -0.15) is 8.78 Å². The number of methoxy groups -OCH3 is 1. The van der Waals surface area contributed by atoms with Crippen molar-refractivity contribution in [3.05, 3.63) is 23.8 Å². The number of alkyl halides is 2. The lowest BCUT2D eigenvalue weighted by Gasteiger charge is -2.20. The zero-order valence-corrected chi connectivity index (χ0v) is 19.9. The minimum absolute atomic E-state index is 0. The Morgan fingerprint density at radius 1 is 1.21 bits per heavy atom. The first-order valence-electron chi connectivity index (χ1n) is 9.64. The molecule has 0 spiro atoms. The second-order valence-corrected chi connectivity index (χ2v) is 6.95. The summed E-state index contributed by atoms with van der Waals surface area (Å²) in [6.45, 7) is 5.23. The molecule has 0 fully saturated rings. The van der Waals surface area contributed by atoms with Crippen LogP contribution in [0.4, 0.5) is 8.78 Å². The van der Waals surface area contributed by atoms with Crippen molar-refractivity contribution in [1.29, 1.82) is 0 Å². The molecule has 0 heterocycles. The van der Waals surface area contributed by atoms with E-state index in [-0.39, 0.29) is 42.1 Å². The number of halogens is 3. The van der Waals surface area contributed by atoms with E-state index >= 15 is 0 Å². The molecule has 1 aromatic carbocycles. The van der Waals surface area contributed by atoms with Crippen LogP contribution in [0, 0.1) is 11.8 Å². The fourth-order valence-electron chi connectivity index (χ4n) is 2.91. The molecule has 0 amide bonds. The Balaban J connectivity index is 0.00000784. The molecule has 0 radical (unpaired) electrons. The Morgan fingerprint density at radius 3 is 2.48 bits per heavy atom. The molecular weight excluding hydrogens is 495 g/mol. The van der Waals surface area contributed by atoms with Crippen LogP contribution in [0.2, 0.25) is 0 Å². The maximum absolute atomic E-state index is 12.6. The van der Waals surface area contributed by atoms with Crippen molar-refractivity contribution in [1.82, 2.24) is 10.6 Å². The average Bonchev–Trinajstić information content (AvgIpc) is 2.63. The highest BCUT2D eigenvalue weighted by atomic mass is 127. The predicted octanol–water partition coefficient (Wildman–Crippen LogP) is 4.01. The molecule has 1 aromatic rings. The molecule has 0 aliphatic carbocycles. The summed E-state index contributed by atoms with van der Waals surface area (Å²) in [4.78, 5) is 4.52. The first kappa shape index (κ1) is 27.6. The first-order valence-corrected chi connectivity index (χ1v) is 9.64. The van der Waals surface area contributed by atoms with Crippen molar-refractivity contribution in [2.24, 2.45) is 16.8 Å². The molecule has 29 heavy (non-hydrogen) atoms. The van der Waals surface area contributed by atoms with Crippen molar-refractivity contribution in [3.63, 3.8) is 0 Å². The number of hydrogen-bond acceptors (Lipinski definition) is 4. The van der Waals surface area contributed by atoms with Crippen LogP contribution in [0.15, 0.2) is 23.2 Å². The van der Waals surface area contributed by atoms with Gasteiger partial charge in [0.05, 0.1) is 13.7 Å². The third kappa shape index (κ3) is 11.4. The Hall–Kier alpha value is -1.36. The lowest BCUT2D eigenvalue weighted by molar-refractivity contribution is -0.0512. The van der Waals surface area contributed by atoms with Crippen LogP contribution in [-0.2, 0) is 6.54 Å². The number of benzene rings is 1. The summed E-state index contributed by atoms with van der Waals surface area (Å²) >= 11 is 0. The van der Waals surface area contributed by atoms with Crippen molar-refractivity contribution in [3.8, 4) is 11.5 Å². The van der Waals surface area contributed by atoms with Crippen LogP contribution >= 0.6 is 24.0 Å². The maximum Gasteiger partial charge on any atom is 0.387 e. The SMILES string of the molecule is CCNC(=NCc1ccc(OC)c(OC(F)F)c1)NCC(CCO)CC(C)C.I. The summed E-state index contributed by atoms with van der Waals surface area (Å²) in [5, 5.41) is 15.7. The Morgan fingerprint density at radius 2 is 1.93 bits per heavy atom. The standard InChI is InChI=1S/C20H33F2N3O3.HI/c1-5-23-20(25-13-16(8-9-26)10-14(2)3)24-12-15-6-7-17(27-4)18(11-15)28-19(21)22;/h6-7,11,14,16,19,26H,5,8-10,12-13H2,1-4H3,(H2,23,24,25);1H. The van der Waals surface area contributed by atoms with E-state index in [4.69, 9.17) is 4.74 Å². The summed E-state index contributed by atoms with van der Waals surface area (Å²) in [7, 11) is 1.40. The van der Waals surface area contributed by atoms with E-state index in [9.17, 15) is 13.9 Å². The quantitative estimate of drug-likeness (QED) is 0.217. The molecule has 0 aromatic heterocycles. The van der Waals surface area contributed by atoms with Gasteiger partial charge in [0.15, 0.2) is 17.5 Å². The number of ether oxygens (including phenoxy) is 2. The molecule has 1 unspecified atom stereocenters. The van der Waals surface area contributed by atoms with Gasteiger partial charge in [0.1, 0.15) is 0 Å². The van der Waals surface area contributed by atoms with Crippen LogP contribution < -0.4 is 20.1 Å². The molecule has 0 aliphatic rings.